The molecule has 28 heavy (non-hydrogen) atoms. The Bertz CT molecular complexity index is 459. The highest BCUT2D eigenvalue weighted by Crippen LogP contribution is 2.49. The summed E-state index contributed by atoms with van der Waals surface area (Å²) in [5, 5.41) is 0. The van der Waals surface area contributed by atoms with Crippen molar-refractivity contribution in [2.24, 2.45) is 0 Å². The molecule has 166 valence electrons. The normalized spacial score (nSPS) is 13.9. The van der Waals surface area contributed by atoms with E-state index in [2.05, 4.69) is 43.9 Å². The Morgan fingerprint density at radius 1 is 0.821 bits per heavy atom. The molecule has 0 aromatic carbocycles. The smallest absolute Gasteiger partial charge is 0.309 e. The molecule has 0 saturated heterocycles. The maximum absolute atomic E-state index is 12.9. The molecule has 0 rings (SSSR count). The highest BCUT2D eigenvalue weighted by Gasteiger charge is 2.26. The molecule has 0 N–H and O–H groups in total. The molecule has 5 nitrogen and oxygen atoms in total. The summed E-state index contributed by atoms with van der Waals surface area (Å²) in [7, 11) is 0.630. The van der Waals surface area contributed by atoms with E-state index >= 15 is 0 Å². The number of hydrogen-bond donors (Lipinski definition) is 0. The summed E-state index contributed by atoms with van der Waals surface area (Å²) in [5.41, 5.74) is 1.32. The average molecular weight is 418 g/mol. The third kappa shape index (κ3) is 18.9. The van der Waals surface area contributed by atoms with Crippen LogP contribution in [0.2, 0.25) is 0 Å². The third-order valence-corrected chi connectivity index (χ3v) is 5.56. The van der Waals surface area contributed by atoms with Crippen LogP contribution in [0.5, 0.6) is 0 Å². The first kappa shape index (κ1) is 27.5. The van der Waals surface area contributed by atoms with Gasteiger partial charge in [0.15, 0.2) is 0 Å². The topological polar surface area (TPSA) is 48.0 Å². The molecule has 0 aliphatic rings. The predicted molar refractivity (Wildman–Crippen MR) is 120 cm³/mol. The Kier molecular flexibility index (Phi) is 18.3. The van der Waals surface area contributed by atoms with Gasteiger partial charge in [0.25, 0.3) is 0 Å². The Morgan fingerprint density at radius 3 is 1.86 bits per heavy atom. The van der Waals surface area contributed by atoms with Crippen molar-refractivity contribution in [3.8, 4) is 0 Å². The monoisotopic (exact) mass is 417 g/mol. The van der Waals surface area contributed by atoms with Crippen LogP contribution in [0.3, 0.4) is 0 Å². The molecule has 0 saturated carbocycles. The molecule has 1 unspecified atom stereocenters. The molecule has 0 aromatic heterocycles. The van der Waals surface area contributed by atoms with Crippen molar-refractivity contribution in [3.63, 3.8) is 0 Å². The lowest BCUT2D eigenvalue weighted by atomic mass is 10.2. The number of hydrogen-bond acceptors (Lipinski definition) is 5. The fourth-order valence-corrected chi connectivity index (χ4v) is 3.74. The second-order valence-corrected chi connectivity index (χ2v) is 9.28. The van der Waals surface area contributed by atoms with E-state index in [1.807, 2.05) is 14.1 Å². The molecule has 0 fully saturated rings. The van der Waals surface area contributed by atoms with Crippen molar-refractivity contribution in [2.45, 2.75) is 78.6 Å². The maximum Gasteiger partial charge on any atom is 0.474 e. The summed E-state index contributed by atoms with van der Waals surface area (Å²) in [4.78, 5) is 2.13. The van der Waals surface area contributed by atoms with E-state index in [4.69, 9.17) is 13.6 Å². The van der Waals surface area contributed by atoms with Crippen molar-refractivity contribution < 1.29 is 18.1 Å². The zero-order chi connectivity index (χ0) is 21.1. The Balaban J connectivity index is 4.21. The average Bonchev–Trinajstić information content (AvgIpc) is 2.63. The lowest BCUT2D eigenvalue weighted by molar-refractivity contribution is 0.108. The van der Waals surface area contributed by atoms with Crippen LogP contribution in [-0.2, 0) is 18.1 Å². The summed E-state index contributed by atoms with van der Waals surface area (Å²) in [6, 6.07) is 0. The van der Waals surface area contributed by atoms with Crippen LogP contribution >= 0.6 is 7.82 Å². The first-order valence-corrected chi connectivity index (χ1v) is 12.3. The quantitative estimate of drug-likeness (QED) is 0.132. The van der Waals surface area contributed by atoms with Crippen molar-refractivity contribution in [1.82, 2.24) is 4.90 Å². The van der Waals surface area contributed by atoms with Gasteiger partial charge in [0.05, 0.1) is 19.8 Å². The van der Waals surface area contributed by atoms with Crippen molar-refractivity contribution >= 4 is 7.82 Å². The summed E-state index contributed by atoms with van der Waals surface area (Å²) < 4.78 is 29.6. The molecule has 0 spiro atoms. The Morgan fingerprint density at radius 2 is 1.36 bits per heavy atom. The molecule has 1 atom stereocenters. The van der Waals surface area contributed by atoms with Crippen LogP contribution in [0.4, 0.5) is 0 Å². The van der Waals surface area contributed by atoms with Gasteiger partial charge in [0.1, 0.15) is 0 Å². The van der Waals surface area contributed by atoms with Gasteiger partial charge in [-0.1, -0.05) is 30.7 Å². The molecule has 0 aliphatic carbocycles. The summed E-state index contributed by atoms with van der Waals surface area (Å²) >= 11 is 0. The number of allylic oxidation sites excluding steroid dienone is 4. The van der Waals surface area contributed by atoms with E-state index in [0.717, 1.165) is 64.3 Å². The van der Waals surface area contributed by atoms with Gasteiger partial charge >= 0.3 is 7.82 Å². The zero-order valence-electron chi connectivity index (χ0n) is 19.0. The van der Waals surface area contributed by atoms with Gasteiger partial charge in [-0.05, 0) is 92.3 Å². The van der Waals surface area contributed by atoms with E-state index in [1.54, 1.807) is 0 Å². The van der Waals surface area contributed by atoms with Crippen molar-refractivity contribution in [2.75, 3.05) is 40.5 Å². The molecular weight excluding hydrogens is 373 g/mol. The van der Waals surface area contributed by atoms with Gasteiger partial charge in [-0.2, -0.15) is 0 Å². The third-order valence-electron chi connectivity index (χ3n) is 4.07. The lowest BCUT2D eigenvalue weighted by Crippen LogP contribution is -2.13. The van der Waals surface area contributed by atoms with E-state index in [9.17, 15) is 4.57 Å². The van der Waals surface area contributed by atoms with Crippen LogP contribution in [0.15, 0.2) is 23.8 Å². The maximum atomic E-state index is 12.9. The highest BCUT2D eigenvalue weighted by atomic mass is 31.2. The van der Waals surface area contributed by atoms with Crippen molar-refractivity contribution in [3.05, 3.63) is 23.8 Å². The van der Waals surface area contributed by atoms with Gasteiger partial charge in [-0.3, -0.25) is 13.6 Å². The molecular formula is C22H44NO4P. The highest BCUT2D eigenvalue weighted by molar-refractivity contribution is 7.48. The van der Waals surface area contributed by atoms with Crippen LogP contribution < -0.4 is 0 Å². The number of phosphoric acid groups is 1. The van der Waals surface area contributed by atoms with E-state index in [0.29, 0.717) is 19.8 Å². The van der Waals surface area contributed by atoms with Gasteiger partial charge < -0.3 is 4.90 Å². The van der Waals surface area contributed by atoms with Crippen LogP contribution in [0, 0.1) is 0 Å². The predicted octanol–water partition coefficient (Wildman–Crippen LogP) is 6.76. The molecule has 0 radical (unpaired) electrons. The van der Waals surface area contributed by atoms with E-state index in [-0.39, 0.29) is 0 Å². The Hall–Kier alpha value is -0.450. The van der Waals surface area contributed by atoms with E-state index in [1.165, 1.54) is 5.57 Å². The SMILES string of the molecule is CC/C=C\CCCCOP(=O)(OCCCCC=C(C)C)OCCCCN(C)C. The summed E-state index contributed by atoms with van der Waals surface area (Å²) in [6.07, 6.45) is 15.3. The van der Waals surface area contributed by atoms with E-state index < -0.39 is 7.82 Å². The minimum atomic E-state index is -3.46. The van der Waals surface area contributed by atoms with Crippen LogP contribution in [0.1, 0.15) is 78.6 Å². The van der Waals surface area contributed by atoms with Gasteiger partial charge in [-0.25, -0.2) is 4.57 Å². The largest absolute Gasteiger partial charge is 0.474 e. The first-order chi connectivity index (χ1) is 13.4. The summed E-state index contributed by atoms with van der Waals surface area (Å²) in [6.45, 7) is 8.54. The minimum absolute atomic E-state index is 0.405. The van der Waals surface area contributed by atoms with Gasteiger partial charge in [-0.15, -0.1) is 0 Å². The first-order valence-electron chi connectivity index (χ1n) is 10.9. The second-order valence-electron chi connectivity index (χ2n) is 7.61. The molecule has 0 aliphatic heterocycles. The molecule has 0 amide bonds. The molecule has 0 aromatic rings. The van der Waals surface area contributed by atoms with Crippen LogP contribution in [0.25, 0.3) is 0 Å². The Labute approximate surface area is 174 Å². The standard InChI is InChI=1S/C22H44NO4P/c1-6-7-8-9-10-14-19-25-28(24,27-21-16-13-18-23(4)5)26-20-15-11-12-17-22(2)3/h7-8,17H,6,9-16,18-21H2,1-5H3/b8-7-. The minimum Gasteiger partial charge on any atom is -0.309 e. The lowest BCUT2D eigenvalue weighted by Gasteiger charge is -2.18. The number of phosphoric ester groups is 1. The number of unbranched alkanes of at least 4 members (excludes halogenated alkanes) is 5. The number of rotatable bonds is 19. The fraction of sp³-hybridized carbons (Fsp3) is 0.818. The van der Waals surface area contributed by atoms with Crippen LogP contribution in [-0.4, -0.2) is 45.4 Å². The number of nitrogens with zero attached hydrogens (tertiary/aromatic N) is 1. The molecule has 0 bridgehead atoms. The van der Waals surface area contributed by atoms with Crippen molar-refractivity contribution in [1.29, 1.82) is 0 Å². The van der Waals surface area contributed by atoms with Gasteiger partial charge in [0, 0.05) is 0 Å². The zero-order valence-corrected chi connectivity index (χ0v) is 19.8. The molecule has 0 heterocycles. The second kappa shape index (κ2) is 18.6. The summed E-state index contributed by atoms with van der Waals surface area (Å²) in [5.74, 6) is 0. The molecule has 6 heteroatoms. The van der Waals surface area contributed by atoms with Gasteiger partial charge in [0.2, 0.25) is 0 Å². The fourth-order valence-electron chi connectivity index (χ4n) is 2.46.